The number of rotatable bonds is 4. The second kappa shape index (κ2) is 5.26. The number of nitrogens with zero attached hydrogens (tertiary/aromatic N) is 1. The van der Waals surface area contributed by atoms with Gasteiger partial charge in [-0.25, -0.2) is 0 Å². The molecule has 1 aliphatic carbocycles. The maximum Gasteiger partial charge on any atom is 0.0270 e. The van der Waals surface area contributed by atoms with Crippen molar-refractivity contribution in [1.82, 2.24) is 4.98 Å². The van der Waals surface area contributed by atoms with Gasteiger partial charge in [0, 0.05) is 18.4 Å². The fourth-order valence-electron chi connectivity index (χ4n) is 2.50. The van der Waals surface area contributed by atoms with Gasteiger partial charge in [0.2, 0.25) is 0 Å². The molecule has 0 bridgehead atoms. The van der Waals surface area contributed by atoms with Gasteiger partial charge in [-0.05, 0) is 49.3 Å². The summed E-state index contributed by atoms with van der Waals surface area (Å²) in [6, 6.07) is 4.57. The lowest BCUT2D eigenvalue weighted by Gasteiger charge is -2.18. The molecule has 1 aromatic heterocycles. The normalized spacial score (nSPS) is 19.3. The summed E-state index contributed by atoms with van der Waals surface area (Å²) in [5.74, 6) is 0.784. The zero-order valence-electron chi connectivity index (χ0n) is 9.23. The molecule has 1 heterocycles. The van der Waals surface area contributed by atoms with E-state index in [-0.39, 0.29) is 0 Å². The van der Waals surface area contributed by atoms with Crippen LogP contribution in [-0.2, 0) is 6.42 Å². The van der Waals surface area contributed by atoms with Crippen molar-refractivity contribution in [3.8, 4) is 0 Å². The molecular formula is C13H20N2. The van der Waals surface area contributed by atoms with Crippen molar-refractivity contribution >= 4 is 0 Å². The molecule has 1 aliphatic rings. The Morgan fingerprint density at radius 2 is 1.93 bits per heavy atom. The molecule has 1 fully saturated rings. The van der Waals surface area contributed by atoms with Crippen molar-refractivity contribution in [2.75, 3.05) is 0 Å². The molecule has 2 heteroatoms. The fourth-order valence-corrected chi connectivity index (χ4v) is 2.50. The van der Waals surface area contributed by atoms with Crippen molar-refractivity contribution in [2.24, 2.45) is 11.7 Å². The molecule has 2 N–H and O–H groups in total. The van der Waals surface area contributed by atoms with E-state index in [0.717, 1.165) is 18.8 Å². The summed E-state index contributed by atoms with van der Waals surface area (Å²) >= 11 is 0. The highest BCUT2D eigenvalue weighted by molar-refractivity contribution is 5.09. The number of nitrogens with two attached hydrogens (primary N) is 1. The summed E-state index contributed by atoms with van der Waals surface area (Å²) in [7, 11) is 0. The van der Waals surface area contributed by atoms with Crippen LogP contribution in [0.5, 0.6) is 0 Å². The molecule has 0 spiro atoms. The number of aromatic nitrogens is 1. The molecule has 1 atom stereocenters. The van der Waals surface area contributed by atoms with Gasteiger partial charge in [0.05, 0.1) is 0 Å². The van der Waals surface area contributed by atoms with E-state index in [1.807, 2.05) is 12.4 Å². The summed E-state index contributed by atoms with van der Waals surface area (Å²) in [4.78, 5) is 4.02. The van der Waals surface area contributed by atoms with Gasteiger partial charge in [-0.3, -0.25) is 4.98 Å². The van der Waals surface area contributed by atoms with E-state index in [9.17, 15) is 0 Å². The maximum absolute atomic E-state index is 6.21. The topological polar surface area (TPSA) is 38.9 Å². The minimum atomic E-state index is 0.403. The Morgan fingerprint density at radius 3 is 2.60 bits per heavy atom. The number of hydrogen-bond acceptors (Lipinski definition) is 2. The monoisotopic (exact) mass is 204 g/mol. The Labute approximate surface area is 91.9 Å². The second-order valence-electron chi connectivity index (χ2n) is 4.60. The van der Waals surface area contributed by atoms with Gasteiger partial charge in [-0.1, -0.05) is 12.8 Å². The van der Waals surface area contributed by atoms with E-state index in [1.165, 1.54) is 31.2 Å². The van der Waals surface area contributed by atoms with E-state index in [4.69, 9.17) is 5.73 Å². The first-order chi connectivity index (χ1) is 7.36. The molecule has 1 saturated carbocycles. The smallest absolute Gasteiger partial charge is 0.0270 e. The second-order valence-corrected chi connectivity index (χ2v) is 4.60. The first kappa shape index (κ1) is 10.6. The largest absolute Gasteiger partial charge is 0.327 e. The highest BCUT2D eigenvalue weighted by atomic mass is 14.7. The third-order valence-electron chi connectivity index (χ3n) is 3.52. The van der Waals surface area contributed by atoms with Gasteiger partial charge in [0.1, 0.15) is 0 Å². The third kappa shape index (κ3) is 3.03. The van der Waals surface area contributed by atoms with Crippen LogP contribution >= 0.6 is 0 Å². The Bertz CT molecular complexity index is 278. The van der Waals surface area contributed by atoms with Crippen molar-refractivity contribution in [3.05, 3.63) is 30.1 Å². The van der Waals surface area contributed by atoms with Gasteiger partial charge in [-0.15, -0.1) is 0 Å². The SMILES string of the molecule is NC(CCc1ccncc1)C1CCCC1. The number of hydrogen-bond donors (Lipinski definition) is 1. The lowest BCUT2D eigenvalue weighted by molar-refractivity contribution is 0.410. The lowest BCUT2D eigenvalue weighted by Crippen LogP contribution is -2.28. The van der Waals surface area contributed by atoms with Gasteiger partial charge in [0.15, 0.2) is 0 Å². The molecule has 0 amide bonds. The predicted octanol–water partition coefficient (Wildman–Crippen LogP) is 2.53. The highest BCUT2D eigenvalue weighted by Crippen LogP contribution is 2.28. The average molecular weight is 204 g/mol. The Hall–Kier alpha value is -0.890. The summed E-state index contributed by atoms with van der Waals surface area (Å²) in [6.45, 7) is 0. The predicted molar refractivity (Wildman–Crippen MR) is 62.5 cm³/mol. The van der Waals surface area contributed by atoms with E-state index in [1.54, 1.807) is 0 Å². The Kier molecular flexibility index (Phi) is 3.73. The first-order valence-corrected chi connectivity index (χ1v) is 6.01. The fraction of sp³-hybridized carbons (Fsp3) is 0.615. The van der Waals surface area contributed by atoms with Gasteiger partial charge in [0.25, 0.3) is 0 Å². The van der Waals surface area contributed by atoms with E-state index in [2.05, 4.69) is 17.1 Å². The Balaban J connectivity index is 1.77. The van der Waals surface area contributed by atoms with E-state index in [0.29, 0.717) is 6.04 Å². The van der Waals surface area contributed by atoms with E-state index < -0.39 is 0 Å². The quantitative estimate of drug-likeness (QED) is 0.818. The summed E-state index contributed by atoms with van der Waals surface area (Å²) in [5.41, 5.74) is 7.57. The van der Waals surface area contributed by atoms with Crippen LogP contribution < -0.4 is 5.73 Å². The molecule has 0 aliphatic heterocycles. The lowest BCUT2D eigenvalue weighted by atomic mass is 9.93. The van der Waals surface area contributed by atoms with Crippen LogP contribution in [0, 0.1) is 5.92 Å². The summed E-state index contributed by atoms with van der Waals surface area (Å²) < 4.78 is 0. The first-order valence-electron chi connectivity index (χ1n) is 6.01. The summed E-state index contributed by atoms with van der Waals surface area (Å²) in [5, 5.41) is 0. The van der Waals surface area contributed by atoms with Crippen LogP contribution in [0.4, 0.5) is 0 Å². The molecule has 1 unspecified atom stereocenters. The molecular weight excluding hydrogens is 184 g/mol. The average Bonchev–Trinajstić information content (AvgIpc) is 2.81. The van der Waals surface area contributed by atoms with Crippen molar-refractivity contribution in [3.63, 3.8) is 0 Å². The number of pyridine rings is 1. The molecule has 82 valence electrons. The zero-order valence-corrected chi connectivity index (χ0v) is 9.23. The van der Waals surface area contributed by atoms with Crippen molar-refractivity contribution in [1.29, 1.82) is 0 Å². The number of aryl methyl sites for hydroxylation is 1. The molecule has 1 aromatic rings. The van der Waals surface area contributed by atoms with E-state index >= 15 is 0 Å². The third-order valence-corrected chi connectivity index (χ3v) is 3.52. The molecule has 0 aromatic carbocycles. The van der Waals surface area contributed by atoms with Crippen molar-refractivity contribution < 1.29 is 0 Å². The van der Waals surface area contributed by atoms with Gasteiger partial charge < -0.3 is 5.73 Å². The molecule has 2 rings (SSSR count). The summed E-state index contributed by atoms with van der Waals surface area (Å²) in [6.07, 6.45) is 11.4. The molecule has 0 saturated heterocycles. The maximum atomic E-state index is 6.21. The molecule has 15 heavy (non-hydrogen) atoms. The van der Waals surface area contributed by atoms with Gasteiger partial charge >= 0.3 is 0 Å². The van der Waals surface area contributed by atoms with Crippen molar-refractivity contribution in [2.45, 2.75) is 44.6 Å². The minimum Gasteiger partial charge on any atom is -0.327 e. The minimum absolute atomic E-state index is 0.403. The standard InChI is InChI=1S/C13H20N2/c14-13(12-3-1-2-4-12)6-5-11-7-9-15-10-8-11/h7-10,12-13H,1-6,14H2. The molecule has 0 radical (unpaired) electrons. The van der Waals surface area contributed by atoms with Gasteiger partial charge in [-0.2, -0.15) is 0 Å². The van der Waals surface area contributed by atoms with Crippen LogP contribution in [0.2, 0.25) is 0 Å². The van der Waals surface area contributed by atoms with Crippen LogP contribution in [0.25, 0.3) is 0 Å². The van der Waals surface area contributed by atoms with Crippen LogP contribution in [-0.4, -0.2) is 11.0 Å². The molecule has 2 nitrogen and oxygen atoms in total. The van der Waals surface area contributed by atoms with Crippen LogP contribution in [0.1, 0.15) is 37.7 Å². The highest BCUT2D eigenvalue weighted by Gasteiger charge is 2.21. The zero-order chi connectivity index (χ0) is 10.5. The van der Waals surface area contributed by atoms with Crippen LogP contribution in [0.15, 0.2) is 24.5 Å². The Morgan fingerprint density at radius 1 is 1.27 bits per heavy atom. The van der Waals surface area contributed by atoms with Crippen LogP contribution in [0.3, 0.4) is 0 Å².